The van der Waals surface area contributed by atoms with Crippen LogP contribution in [0, 0.1) is 17.6 Å². The quantitative estimate of drug-likeness (QED) is 0.903. The molecule has 0 saturated heterocycles. The Hall–Kier alpha value is -1.05. The average Bonchev–Trinajstić information content (AvgIpc) is 2.33. The third-order valence-electron chi connectivity index (χ3n) is 3.78. The zero-order valence-electron chi connectivity index (χ0n) is 11.3. The predicted octanol–water partition coefficient (Wildman–Crippen LogP) is 1.84. The second kappa shape index (κ2) is 5.75. The minimum Gasteiger partial charge on any atom is -0.326 e. The van der Waals surface area contributed by atoms with Crippen molar-refractivity contribution in [3.8, 4) is 0 Å². The Labute approximate surface area is 117 Å². The van der Waals surface area contributed by atoms with Crippen LogP contribution in [0.3, 0.4) is 0 Å². The molecule has 20 heavy (non-hydrogen) atoms. The van der Waals surface area contributed by atoms with Crippen molar-refractivity contribution < 1.29 is 17.2 Å². The van der Waals surface area contributed by atoms with Gasteiger partial charge in [0.1, 0.15) is 10.7 Å². The van der Waals surface area contributed by atoms with Crippen LogP contribution in [0.15, 0.2) is 17.0 Å². The molecule has 1 fully saturated rings. The van der Waals surface area contributed by atoms with Crippen LogP contribution in [-0.2, 0) is 16.6 Å². The molecule has 7 heteroatoms. The number of benzene rings is 1. The Kier molecular flexibility index (Phi) is 4.41. The van der Waals surface area contributed by atoms with Gasteiger partial charge in [0.25, 0.3) is 0 Å². The lowest BCUT2D eigenvalue weighted by Crippen LogP contribution is -2.35. The van der Waals surface area contributed by atoms with E-state index in [0.29, 0.717) is 12.5 Å². The van der Waals surface area contributed by atoms with Crippen LogP contribution in [0.1, 0.15) is 24.8 Å². The zero-order valence-corrected chi connectivity index (χ0v) is 12.1. The zero-order chi connectivity index (χ0) is 14.9. The summed E-state index contributed by atoms with van der Waals surface area (Å²) in [6.45, 7) is -0.0233. The number of hydrogen-bond donors (Lipinski definition) is 1. The van der Waals surface area contributed by atoms with Crippen LogP contribution in [-0.4, -0.2) is 26.3 Å². The van der Waals surface area contributed by atoms with E-state index in [1.165, 1.54) is 7.05 Å². The lowest BCUT2D eigenvalue weighted by Gasteiger charge is -2.29. The number of nitrogens with zero attached hydrogens (tertiary/aromatic N) is 1. The van der Waals surface area contributed by atoms with Crippen molar-refractivity contribution in [2.45, 2.75) is 30.7 Å². The highest BCUT2D eigenvalue weighted by atomic mass is 32.2. The van der Waals surface area contributed by atoms with Crippen LogP contribution in [0.5, 0.6) is 0 Å². The molecule has 2 N–H and O–H groups in total. The van der Waals surface area contributed by atoms with E-state index in [-0.39, 0.29) is 6.54 Å². The number of hydrogen-bond acceptors (Lipinski definition) is 3. The molecule has 0 aliphatic heterocycles. The Morgan fingerprint density at radius 2 is 2.00 bits per heavy atom. The van der Waals surface area contributed by atoms with Gasteiger partial charge in [-0.05, 0) is 30.9 Å². The number of nitrogens with two attached hydrogens (primary N) is 1. The maximum absolute atomic E-state index is 14.1. The molecule has 0 heterocycles. The van der Waals surface area contributed by atoms with Gasteiger partial charge in [-0.15, -0.1) is 0 Å². The number of sulfonamides is 1. The van der Waals surface area contributed by atoms with Gasteiger partial charge in [-0.25, -0.2) is 21.5 Å². The van der Waals surface area contributed by atoms with Crippen molar-refractivity contribution in [1.82, 2.24) is 4.31 Å². The van der Waals surface area contributed by atoms with Crippen molar-refractivity contribution in [2.75, 3.05) is 13.6 Å². The largest absolute Gasteiger partial charge is 0.326 e. The fourth-order valence-corrected chi connectivity index (χ4v) is 3.60. The van der Waals surface area contributed by atoms with E-state index in [9.17, 15) is 17.2 Å². The summed E-state index contributed by atoms with van der Waals surface area (Å²) in [5.41, 5.74) is 4.86. The van der Waals surface area contributed by atoms with Gasteiger partial charge >= 0.3 is 0 Å². The molecule has 1 aromatic rings. The standard InChI is InChI=1S/C13H18F2N2O2S/c1-17(8-9-3-2-4-9)20(18,19)12-6-5-11(14)10(7-16)13(12)15/h5-6,9H,2-4,7-8,16H2,1H3. The van der Waals surface area contributed by atoms with E-state index >= 15 is 0 Å². The molecule has 0 amide bonds. The minimum atomic E-state index is -3.95. The molecular weight excluding hydrogens is 286 g/mol. The molecule has 0 aromatic heterocycles. The molecule has 2 rings (SSSR count). The van der Waals surface area contributed by atoms with Gasteiger partial charge in [-0.1, -0.05) is 6.42 Å². The van der Waals surface area contributed by atoms with Gasteiger partial charge in [0.2, 0.25) is 10.0 Å². The molecule has 1 aliphatic carbocycles. The molecule has 0 spiro atoms. The number of halogens is 2. The van der Waals surface area contributed by atoms with Gasteiger partial charge in [-0.2, -0.15) is 0 Å². The highest BCUT2D eigenvalue weighted by molar-refractivity contribution is 7.89. The van der Waals surface area contributed by atoms with Gasteiger partial charge < -0.3 is 5.73 Å². The first-order chi connectivity index (χ1) is 9.37. The molecule has 0 radical (unpaired) electrons. The van der Waals surface area contributed by atoms with Gasteiger partial charge in [0, 0.05) is 25.7 Å². The first kappa shape index (κ1) is 15.3. The Morgan fingerprint density at radius 1 is 1.35 bits per heavy atom. The highest BCUT2D eigenvalue weighted by Crippen LogP contribution is 2.29. The van der Waals surface area contributed by atoms with E-state index in [1.807, 2.05) is 0 Å². The third-order valence-corrected chi connectivity index (χ3v) is 5.62. The maximum atomic E-state index is 14.1. The van der Waals surface area contributed by atoms with Crippen molar-refractivity contribution in [3.63, 3.8) is 0 Å². The predicted molar refractivity (Wildman–Crippen MR) is 71.4 cm³/mol. The molecule has 1 aromatic carbocycles. The van der Waals surface area contributed by atoms with Crippen molar-refractivity contribution in [2.24, 2.45) is 11.7 Å². The second-order valence-corrected chi connectivity index (χ2v) is 7.14. The molecule has 112 valence electrons. The maximum Gasteiger partial charge on any atom is 0.245 e. The number of rotatable bonds is 5. The summed E-state index contributed by atoms with van der Waals surface area (Å²) in [5, 5.41) is 0. The monoisotopic (exact) mass is 304 g/mol. The molecule has 1 saturated carbocycles. The Bertz CT molecular complexity index is 601. The van der Waals surface area contributed by atoms with E-state index in [0.717, 1.165) is 35.7 Å². The molecular formula is C13H18F2N2O2S. The SMILES string of the molecule is CN(CC1CCC1)S(=O)(=O)c1ccc(F)c(CN)c1F. The smallest absolute Gasteiger partial charge is 0.245 e. The minimum absolute atomic E-state index is 0.326. The topological polar surface area (TPSA) is 63.4 Å². The van der Waals surface area contributed by atoms with Crippen molar-refractivity contribution in [1.29, 1.82) is 0 Å². The molecule has 1 aliphatic rings. The normalized spacial score (nSPS) is 16.4. The first-order valence-corrected chi connectivity index (χ1v) is 7.95. The van der Waals surface area contributed by atoms with Gasteiger partial charge in [0.15, 0.2) is 5.82 Å². The highest BCUT2D eigenvalue weighted by Gasteiger charge is 2.30. The first-order valence-electron chi connectivity index (χ1n) is 6.51. The van der Waals surface area contributed by atoms with Crippen LogP contribution in [0.4, 0.5) is 8.78 Å². The lowest BCUT2D eigenvalue weighted by molar-refractivity contribution is 0.262. The van der Waals surface area contributed by atoms with Crippen LogP contribution < -0.4 is 5.73 Å². The molecule has 4 nitrogen and oxygen atoms in total. The summed E-state index contributed by atoms with van der Waals surface area (Å²) in [7, 11) is -2.54. The fourth-order valence-electron chi connectivity index (χ4n) is 2.27. The van der Waals surface area contributed by atoms with E-state index in [1.54, 1.807) is 0 Å². The molecule has 0 unspecified atom stereocenters. The van der Waals surface area contributed by atoms with Crippen LogP contribution in [0.2, 0.25) is 0 Å². The lowest BCUT2D eigenvalue weighted by atomic mass is 9.86. The van der Waals surface area contributed by atoms with Crippen molar-refractivity contribution in [3.05, 3.63) is 29.3 Å². The van der Waals surface area contributed by atoms with Gasteiger partial charge in [-0.3, -0.25) is 0 Å². The summed E-state index contributed by atoms with van der Waals surface area (Å²) in [4.78, 5) is -0.513. The summed E-state index contributed by atoms with van der Waals surface area (Å²) in [6, 6.07) is 1.89. The average molecular weight is 304 g/mol. The fraction of sp³-hybridized carbons (Fsp3) is 0.538. The Morgan fingerprint density at radius 3 is 2.50 bits per heavy atom. The molecule has 0 bridgehead atoms. The summed E-state index contributed by atoms with van der Waals surface area (Å²) in [5.74, 6) is -1.59. The summed E-state index contributed by atoms with van der Waals surface area (Å²) < 4.78 is 53.3. The van der Waals surface area contributed by atoms with E-state index in [2.05, 4.69) is 0 Å². The van der Waals surface area contributed by atoms with E-state index < -0.39 is 32.1 Å². The third kappa shape index (κ3) is 2.70. The Balaban J connectivity index is 2.33. The van der Waals surface area contributed by atoms with E-state index in [4.69, 9.17) is 5.73 Å². The van der Waals surface area contributed by atoms with Gasteiger partial charge in [0.05, 0.1) is 0 Å². The van der Waals surface area contributed by atoms with Crippen LogP contribution >= 0.6 is 0 Å². The summed E-state index contributed by atoms with van der Waals surface area (Å²) in [6.07, 6.45) is 3.07. The summed E-state index contributed by atoms with van der Waals surface area (Å²) >= 11 is 0. The van der Waals surface area contributed by atoms with Crippen LogP contribution in [0.25, 0.3) is 0 Å². The second-order valence-electron chi connectivity index (χ2n) is 5.12. The van der Waals surface area contributed by atoms with Crippen molar-refractivity contribution >= 4 is 10.0 Å². The molecule has 0 atom stereocenters.